The molecule has 1 aromatic carbocycles. The largest absolute Gasteiger partial charge is 0.339 e. The van der Waals surface area contributed by atoms with Gasteiger partial charge in [-0.05, 0) is 101 Å². The number of amides is 1. The highest BCUT2D eigenvalue weighted by molar-refractivity contribution is 5.95. The number of carbonyl (C=O) groups is 1. The highest BCUT2D eigenvalue weighted by Crippen LogP contribution is 2.58. The molecule has 222 valence electrons. The van der Waals surface area contributed by atoms with Crippen LogP contribution in [0, 0.1) is 11.3 Å². The minimum absolute atomic E-state index is 0.0327. The Labute approximate surface area is 243 Å². The van der Waals surface area contributed by atoms with Gasteiger partial charge in [0.2, 0.25) is 17.7 Å². The zero-order valence-corrected chi connectivity index (χ0v) is 23.9. The summed E-state index contributed by atoms with van der Waals surface area (Å²) >= 11 is 0. The number of anilines is 1. The van der Waals surface area contributed by atoms with Gasteiger partial charge in [-0.1, -0.05) is 16.4 Å². The topological polar surface area (TPSA) is 98.2 Å². The van der Waals surface area contributed by atoms with E-state index in [0.29, 0.717) is 24.3 Å². The molecule has 2 heterocycles. The summed E-state index contributed by atoms with van der Waals surface area (Å²) in [4.78, 5) is 25.5. The van der Waals surface area contributed by atoms with Crippen molar-refractivity contribution in [1.82, 2.24) is 20.3 Å². The Bertz CT molecular complexity index is 1460. The molecule has 9 rings (SSSR count). The molecule has 6 aliphatic carbocycles. The number of hydrogen-bond acceptors (Lipinski definition) is 7. The Kier molecular flexibility index (Phi) is 6.09. The molecule has 0 radical (unpaired) electrons. The Morgan fingerprint density at radius 2 is 1.48 bits per heavy atom. The highest BCUT2D eigenvalue weighted by atomic mass is 19.3. The van der Waals surface area contributed by atoms with E-state index < -0.39 is 11.8 Å². The zero-order chi connectivity index (χ0) is 28.5. The fourth-order valence-corrected chi connectivity index (χ4v) is 7.58. The summed E-state index contributed by atoms with van der Waals surface area (Å²) in [6.07, 6.45) is 10.2. The van der Waals surface area contributed by atoms with Crippen LogP contribution in [0.15, 0.2) is 33.3 Å². The lowest BCUT2D eigenvalue weighted by molar-refractivity contribution is -0.127. The van der Waals surface area contributed by atoms with E-state index in [4.69, 9.17) is 14.0 Å². The van der Waals surface area contributed by atoms with E-state index in [9.17, 15) is 13.6 Å². The quantitative estimate of drug-likeness (QED) is 0.277. The van der Waals surface area contributed by atoms with Crippen LogP contribution in [0.2, 0.25) is 0 Å². The molecule has 2 bridgehead atoms. The fourth-order valence-electron chi connectivity index (χ4n) is 7.58. The predicted molar refractivity (Wildman–Crippen MR) is 149 cm³/mol. The second-order valence-corrected chi connectivity index (χ2v) is 13.8. The lowest BCUT2D eigenvalue weighted by atomic mass is 9.53. The first-order valence-electron chi connectivity index (χ1n) is 15.8. The Balaban J connectivity index is 1.06. The normalized spacial score (nSPS) is 29.1. The summed E-state index contributed by atoms with van der Waals surface area (Å²) in [5.41, 5.74) is 1.44. The summed E-state index contributed by atoms with van der Waals surface area (Å²) in [5.74, 6) is 0.567. The third kappa shape index (κ3) is 4.84. The molecule has 3 aromatic rings. The molecule has 10 heteroatoms. The second kappa shape index (κ2) is 9.67. The lowest BCUT2D eigenvalue weighted by Gasteiger charge is -2.53. The Morgan fingerprint density at radius 1 is 0.833 bits per heavy atom. The maximum Gasteiger partial charge on any atom is 0.258 e. The number of halogens is 2. The van der Waals surface area contributed by atoms with E-state index >= 15 is 0 Å². The second-order valence-electron chi connectivity index (χ2n) is 13.8. The van der Waals surface area contributed by atoms with E-state index in [-0.39, 0.29) is 42.4 Å². The van der Waals surface area contributed by atoms with E-state index in [1.807, 2.05) is 29.2 Å². The standard InChI is InChI=1S/C32H37F2N5O3/c33-32(34)10-8-22(9-11-32)28(40)39(24-3-1-2-23(18-24)27-35-25(37-41-27)20-4-5-20)19-30-12-15-31(16-13-30,17-14-30)29-36-26(38-42-29)21-6-7-21/h1-3,18,20-22H,4-17,19H2. The van der Waals surface area contributed by atoms with Gasteiger partial charge in [-0.15, -0.1) is 0 Å². The first-order chi connectivity index (χ1) is 20.3. The van der Waals surface area contributed by atoms with Gasteiger partial charge in [0.1, 0.15) is 0 Å². The fraction of sp³-hybridized carbons (Fsp3) is 0.656. The molecular formula is C32H37F2N5O3. The van der Waals surface area contributed by atoms with E-state index in [0.717, 1.165) is 93.0 Å². The minimum Gasteiger partial charge on any atom is -0.339 e. The average Bonchev–Trinajstić information content (AvgIpc) is 3.95. The van der Waals surface area contributed by atoms with Gasteiger partial charge in [-0.2, -0.15) is 9.97 Å². The molecule has 0 aliphatic heterocycles. The van der Waals surface area contributed by atoms with Crippen molar-refractivity contribution in [3.05, 3.63) is 41.8 Å². The molecule has 0 saturated heterocycles. The van der Waals surface area contributed by atoms with Crippen LogP contribution < -0.4 is 4.90 Å². The van der Waals surface area contributed by atoms with Gasteiger partial charge in [0.05, 0.1) is 0 Å². The average molecular weight is 578 g/mol. The number of rotatable bonds is 8. The Hall–Kier alpha value is -3.17. The highest BCUT2D eigenvalue weighted by Gasteiger charge is 2.53. The lowest BCUT2D eigenvalue weighted by Crippen LogP contribution is -2.52. The number of alkyl halides is 2. The molecule has 6 fully saturated rings. The van der Waals surface area contributed by atoms with Gasteiger partial charge in [-0.25, -0.2) is 8.78 Å². The van der Waals surface area contributed by atoms with Gasteiger partial charge >= 0.3 is 0 Å². The molecule has 1 amide bonds. The van der Waals surface area contributed by atoms with Gasteiger partial charge in [-0.3, -0.25) is 4.79 Å². The maximum atomic E-state index is 14.2. The zero-order valence-electron chi connectivity index (χ0n) is 23.9. The van der Waals surface area contributed by atoms with Crippen LogP contribution >= 0.6 is 0 Å². The van der Waals surface area contributed by atoms with Crippen LogP contribution in [-0.2, 0) is 10.2 Å². The number of aromatic nitrogens is 4. The number of nitrogens with zero attached hydrogens (tertiary/aromatic N) is 5. The molecule has 0 atom stereocenters. The van der Waals surface area contributed by atoms with Crippen molar-refractivity contribution >= 4 is 11.6 Å². The van der Waals surface area contributed by atoms with Crippen LogP contribution in [0.3, 0.4) is 0 Å². The van der Waals surface area contributed by atoms with Crippen LogP contribution in [0.5, 0.6) is 0 Å². The number of benzene rings is 1. The van der Waals surface area contributed by atoms with E-state index in [2.05, 4.69) is 15.3 Å². The molecule has 0 unspecified atom stereocenters. The molecule has 0 spiro atoms. The third-order valence-electron chi connectivity index (χ3n) is 10.9. The van der Waals surface area contributed by atoms with Crippen molar-refractivity contribution in [2.45, 2.75) is 113 Å². The smallest absolute Gasteiger partial charge is 0.258 e. The van der Waals surface area contributed by atoms with Crippen LogP contribution in [0.4, 0.5) is 14.5 Å². The molecule has 6 aliphatic rings. The van der Waals surface area contributed by atoms with Gasteiger partial charge < -0.3 is 13.9 Å². The van der Waals surface area contributed by atoms with Gasteiger partial charge in [0.15, 0.2) is 11.6 Å². The van der Waals surface area contributed by atoms with Crippen molar-refractivity contribution in [3.8, 4) is 11.5 Å². The van der Waals surface area contributed by atoms with E-state index in [1.54, 1.807) is 0 Å². The van der Waals surface area contributed by atoms with Crippen molar-refractivity contribution in [3.63, 3.8) is 0 Å². The SMILES string of the molecule is O=C(C1CCC(F)(F)CC1)N(CC12CCC(c3nc(C4CC4)no3)(CC1)CC2)c1cccc(-c2nc(C3CC3)no2)c1. The number of carbonyl (C=O) groups excluding carboxylic acids is 1. The molecule has 2 aromatic heterocycles. The summed E-state index contributed by atoms with van der Waals surface area (Å²) in [6, 6.07) is 7.73. The van der Waals surface area contributed by atoms with Gasteiger partial charge in [0.25, 0.3) is 5.89 Å². The summed E-state index contributed by atoms with van der Waals surface area (Å²) < 4.78 is 39.4. The molecular weight excluding hydrogens is 540 g/mol. The first kappa shape index (κ1) is 26.5. The summed E-state index contributed by atoms with van der Waals surface area (Å²) in [7, 11) is 0. The van der Waals surface area contributed by atoms with Crippen LogP contribution in [-0.4, -0.2) is 38.7 Å². The van der Waals surface area contributed by atoms with Crippen molar-refractivity contribution in [2.24, 2.45) is 11.3 Å². The maximum absolute atomic E-state index is 14.2. The van der Waals surface area contributed by atoms with Crippen molar-refractivity contribution < 1.29 is 22.6 Å². The van der Waals surface area contributed by atoms with Crippen LogP contribution in [0.25, 0.3) is 11.5 Å². The van der Waals surface area contributed by atoms with Gasteiger partial charge in [0, 0.05) is 53.8 Å². The minimum atomic E-state index is -2.68. The Morgan fingerprint density at radius 3 is 2.14 bits per heavy atom. The van der Waals surface area contributed by atoms with Crippen molar-refractivity contribution in [1.29, 1.82) is 0 Å². The van der Waals surface area contributed by atoms with E-state index in [1.165, 1.54) is 0 Å². The number of hydrogen-bond donors (Lipinski definition) is 0. The molecule has 8 nitrogen and oxygen atoms in total. The monoisotopic (exact) mass is 577 g/mol. The number of fused-ring (bicyclic) bond motifs is 3. The van der Waals surface area contributed by atoms with Crippen molar-refractivity contribution in [2.75, 3.05) is 11.4 Å². The summed E-state index contributed by atoms with van der Waals surface area (Å²) in [6.45, 7) is 0.576. The molecule has 0 N–H and O–H groups in total. The summed E-state index contributed by atoms with van der Waals surface area (Å²) in [5, 5.41) is 8.46. The molecule has 6 saturated carbocycles. The third-order valence-corrected chi connectivity index (χ3v) is 10.9. The first-order valence-corrected chi connectivity index (χ1v) is 15.8. The predicted octanol–water partition coefficient (Wildman–Crippen LogP) is 7.33. The molecule has 42 heavy (non-hydrogen) atoms. The van der Waals surface area contributed by atoms with Crippen LogP contribution in [0.1, 0.15) is 119 Å².